The Kier molecular flexibility index (Phi) is 24.4. The first kappa shape index (κ1) is 33.5. The lowest BCUT2D eigenvalue weighted by Crippen LogP contribution is -2.27. The van der Waals surface area contributed by atoms with Crippen LogP contribution in [0.3, 0.4) is 0 Å². The fraction of sp³-hybridized carbons (Fsp3) is 0.955. The maximum atomic E-state index is 11.4. The van der Waals surface area contributed by atoms with Gasteiger partial charge in [-0.2, -0.15) is 0 Å². The van der Waals surface area contributed by atoms with Crippen molar-refractivity contribution in [3.8, 4) is 0 Å². The fourth-order valence-electron chi connectivity index (χ4n) is 2.22. The molecule has 0 unspecified atom stereocenters. The molecule has 13 nitrogen and oxygen atoms in total. The second-order valence-electron chi connectivity index (χ2n) is 7.88. The summed E-state index contributed by atoms with van der Waals surface area (Å²) in [5.41, 5.74) is 7.60. The molecule has 0 atom stereocenters. The summed E-state index contributed by atoms with van der Waals surface area (Å²) < 4.78 is 47.8. The summed E-state index contributed by atoms with van der Waals surface area (Å²) in [6.45, 7) is 12.4. The molecule has 0 aromatic carbocycles. The normalized spacial score (nSPS) is 11.4. The molecular weight excluding hydrogens is 466 g/mol. The van der Waals surface area contributed by atoms with Crippen LogP contribution >= 0.6 is 0 Å². The number of azide groups is 1. The Balaban J connectivity index is 3.11. The predicted octanol–water partition coefficient (Wildman–Crippen LogP) is 1.77. The molecule has 0 aliphatic rings. The Labute approximate surface area is 208 Å². The highest BCUT2D eigenvalue weighted by Gasteiger charge is 2.15. The van der Waals surface area contributed by atoms with E-state index in [9.17, 15) is 4.79 Å². The third-order valence-electron chi connectivity index (χ3n) is 3.64. The first-order valence-electron chi connectivity index (χ1n) is 11.8. The van der Waals surface area contributed by atoms with Gasteiger partial charge in [-0.3, -0.25) is 0 Å². The highest BCUT2D eigenvalue weighted by molar-refractivity contribution is 5.71. The summed E-state index contributed by atoms with van der Waals surface area (Å²) in [6.07, 6.45) is 0. The summed E-state index contributed by atoms with van der Waals surface area (Å²) in [5.74, 6) is -0.388. The number of esters is 1. The van der Waals surface area contributed by atoms with Crippen molar-refractivity contribution in [3.63, 3.8) is 0 Å². The lowest BCUT2D eigenvalue weighted by molar-refractivity contribution is -0.160. The Morgan fingerprint density at radius 2 is 0.914 bits per heavy atom. The van der Waals surface area contributed by atoms with E-state index in [4.69, 9.17) is 48.2 Å². The molecule has 0 aromatic rings. The number of hydrogen-bond donors (Lipinski definition) is 0. The Hall–Kier alpha value is -1.54. The quantitative estimate of drug-likeness (QED) is 0.0555. The molecule has 35 heavy (non-hydrogen) atoms. The summed E-state index contributed by atoms with van der Waals surface area (Å²) in [5, 5.41) is 3.36. The predicted molar refractivity (Wildman–Crippen MR) is 126 cm³/mol. The van der Waals surface area contributed by atoms with Crippen molar-refractivity contribution in [1.29, 1.82) is 0 Å². The molecule has 0 aliphatic heterocycles. The topological polar surface area (TPSA) is 149 Å². The van der Waals surface area contributed by atoms with Gasteiger partial charge in [-0.15, -0.1) is 0 Å². The van der Waals surface area contributed by atoms with Crippen LogP contribution in [0, 0.1) is 0 Å². The minimum absolute atomic E-state index is 0.0831. The van der Waals surface area contributed by atoms with Crippen molar-refractivity contribution in [2.75, 3.05) is 112 Å². The van der Waals surface area contributed by atoms with Crippen LogP contribution in [0.25, 0.3) is 10.4 Å². The molecule has 0 saturated heterocycles. The van der Waals surface area contributed by atoms with Crippen molar-refractivity contribution < 1.29 is 47.4 Å². The number of carbonyl (C=O) groups excluding carboxylic acids is 1. The molecule has 0 saturated carbocycles. The molecule has 0 aliphatic carbocycles. The van der Waals surface area contributed by atoms with Gasteiger partial charge in [0.25, 0.3) is 0 Å². The van der Waals surface area contributed by atoms with Crippen molar-refractivity contribution in [2.24, 2.45) is 5.11 Å². The van der Waals surface area contributed by atoms with Crippen LogP contribution in [-0.4, -0.2) is 124 Å². The number of nitrogens with zero attached hydrogens (tertiary/aromatic N) is 3. The largest absolute Gasteiger partial charge is 0.458 e. The minimum Gasteiger partial charge on any atom is -0.458 e. The average molecular weight is 510 g/mol. The van der Waals surface area contributed by atoms with Crippen LogP contribution in [-0.2, 0) is 47.4 Å². The number of ether oxygens (including phenoxy) is 9. The van der Waals surface area contributed by atoms with Crippen LogP contribution in [0.2, 0.25) is 0 Å². The maximum absolute atomic E-state index is 11.4. The minimum atomic E-state index is -0.508. The summed E-state index contributed by atoms with van der Waals surface area (Å²) >= 11 is 0. The van der Waals surface area contributed by atoms with Gasteiger partial charge in [0, 0.05) is 11.5 Å². The lowest BCUT2D eigenvalue weighted by atomic mass is 10.2. The first-order valence-corrected chi connectivity index (χ1v) is 11.8. The van der Waals surface area contributed by atoms with Gasteiger partial charge in [-0.1, -0.05) is 5.11 Å². The fourth-order valence-corrected chi connectivity index (χ4v) is 2.22. The zero-order valence-electron chi connectivity index (χ0n) is 21.4. The molecule has 0 amide bonds. The van der Waals surface area contributed by atoms with E-state index in [0.29, 0.717) is 106 Å². The van der Waals surface area contributed by atoms with E-state index in [-0.39, 0.29) is 12.6 Å². The van der Waals surface area contributed by atoms with E-state index >= 15 is 0 Å². The van der Waals surface area contributed by atoms with Gasteiger partial charge in [0.15, 0.2) is 0 Å². The van der Waals surface area contributed by atoms with Crippen LogP contribution in [0.1, 0.15) is 20.8 Å². The third kappa shape index (κ3) is 30.4. The van der Waals surface area contributed by atoms with Crippen molar-refractivity contribution in [2.45, 2.75) is 26.4 Å². The van der Waals surface area contributed by atoms with Crippen LogP contribution in [0.5, 0.6) is 0 Å². The molecule has 0 spiro atoms. The maximum Gasteiger partial charge on any atom is 0.332 e. The Morgan fingerprint density at radius 3 is 1.23 bits per heavy atom. The average Bonchev–Trinajstić information content (AvgIpc) is 2.80. The highest BCUT2D eigenvalue weighted by Crippen LogP contribution is 2.06. The van der Waals surface area contributed by atoms with Gasteiger partial charge >= 0.3 is 5.97 Å². The van der Waals surface area contributed by atoms with E-state index < -0.39 is 5.60 Å². The standard InChI is InChI=1S/C22H43N3O10/c1-22(2,3)35-21(26)20-34-19-18-33-17-16-32-15-14-31-13-12-30-11-10-29-9-8-28-7-6-27-5-4-24-25-23/h4-20H2,1-3H3. The summed E-state index contributed by atoms with van der Waals surface area (Å²) in [4.78, 5) is 14.1. The highest BCUT2D eigenvalue weighted by atomic mass is 16.6. The first-order chi connectivity index (χ1) is 17.0. The molecule has 0 fully saturated rings. The van der Waals surface area contributed by atoms with Gasteiger partial charge in [-0.25, -0.2) is 4.79 Å². The molecule has 0 heterocycles. The smallest absolute Gasteiger partial charge is 0.332 e. The van der Waals surface area contributed by atoms with Crippen molar-refractivity contribution in [3.05, 3.63) is 10.4 Å². The summed E-state index contributed by atoms with van der Waals surface area (Å²) in [6, 6.07) is 0. The number of carbonyl (C=O) groups is 1. The zero-order valence-corrected chi connectivity index (χ0v) is 21.4. The van der Waals surface area contributed by atoms with E-state index in [2.05, 4.69) is 10.0 Å². The monoisotopic (exact) mass is 509 g/mol. The van der Waals surface area contributed by atoms with Gasteiger partial charge in [-0.05, 0) is 26.3 Å². The van der Waals surface area contributed by atoms with Crippen LogP contribution in [0.4, 0.5) is 0 Å². The van der Waals surface area contributed by atoms with Crippen LogP contribution in [0.15, 0.2) is 5.11 Å². The molecule has 0 N–H and O–H groups in total. The van der Waals surface area contributed by atoms with Gasteiger partial charge in [0.1, 0.15) is 12.2 Å². The SMILES string of the molecule is CC(C)(C)OC(=O)COCCOCCOCCOCCOCCOCCOCCOCCN=[N+]=[N-]. The summed E-state index contributed by atoms with van der Waals surface area (Å²) in [7, 11) is 0. The van der Waals surface area contributed by atoms with Gasteiger partial charge < -0.3 is 42.6 Å². The van der Waals surface area contributed by atoms with Crippen LogP contribution < -0.4 is 0 Å². The second kappa shape index (κ2) is 25.5. The zero-order chi connectivity index (χ0) is 25.9. The molecular formula is C22H43N3O10. The molecule has 0 bridgehead atoms. The van der Waals surface area contributed by atoms with E-state index in [1.807, 2.05) is 20.8 Å². The van der Waals surface area contributed by atoms with Gasteiger partial charge in [0.2, 0.25) is 0 Å². The molecule has 0 aromatic heterocycles. The molecule has 13 heteroatoms. The van der Waals surface area contributed by atoms with E-state index in [0.717, 1.165) is 0 Å². The Morgan fingerprint density at radius 1 is 0.600 bits per heavy atom. The molecule has 0 rings (SSSR count). The lowest BCUT2D eigenvalue weighted by Gasteiger charge is -2.19. The van der Waals surface area contributed by atoms with E-state index in [1.54, 1.807) is 0 Å². The molecule has 206 valence electrons. The number of rotatable bonds is 26. The van der Waals surface area contributed by atoms with Crippen molar-refractivity contribution in [1.82, 2.24) is 0 Å². The van der Waals surface area contributed by atoms with Gasteiger partial charge in [0.05, 0.1) is 99.1 Å². The van der Waals surface area contributed by atoms with Crippen molar-refractivity contribution >= 4 is 5.97 Å². The number of hydrogen-bond acceptors (Lipinski definition) is 11. The third-order valence-corrected chi connectivity index (χ3v) is 3.64. The second-order valence-corrected chi connectivity index (χ2v) is 7.88. The molecule has 0 radical (unpaired) electrons. The van der Waals surface area contributed by atoms with E-state index in [1.165, 1.54) is 0 Å². The Bertz CT molecular complexity index is 528.